The Morgan fingerprint density at radius 3 is 2.25 bits per heavy atom. The Morgan fingerprint density at radius 2 is 2.00 bits per heavy atom. The van der Waals surface area contributed by atoms with Gasteiger partial charge in [0.25, 0.3) is 0 Å². The monoisotopic (exact) mass is 165 g/mol. The largest absolute Gasteiger partial charge is 0.508 e. The highest BCUT2D eigenvalue weighted by atomic mass is 16.5. The highest BCUT2D eigenvalue weighted by Gasteiger charge is 1.84. The van der Waals surface area contributed by atoms with Crippen LogP contribution in [0.2, 0.25) is 0 Å². The van der Waals surface area contributed by atoms with Crippen LogP contribution < -0.4 is 0 Å². The predicted octanol–water partition coefficient (Wildman–Crippen LogP) is 1.44. The molecule has 12 heavy (non-hydrogen) atoms. The Kier molecular flexibility index (Phi) is 3.71. The molecule has 0 saturated heterocycles. The maximum absolute atomic E-state index is 8.63. The van der Waals surface area contributed by atoms with Crippen LogP contribution in [0.3, 0.4) is 0 Å². The summed E-state index contributed by atoms with van der Waals surface area (Å²) in [6.07, 6.45) is 1.49. The first-order chi connectivity index (χ1) is 5.89. The van der Waals surface area contributed by atoms with Crippen LogP contribution in [-0.2, 0) is 4.74 Å². The average Bonchev–Trinajstić information content (AvgIpc) is 2.62. The number of nitrogens with zero attached hydrogens (tertiary/aromatic N) is 1. The number of para-hydroxylation sites is 1. The second kappa shape index (κ2) is 5.18. The fourth-order valence-electron chi connectivity index (χ4n) is 0.692. The lowest BCUT2D eigenvalue weighted by Gasteiger charge is -1.82. The zero-order valence-corrected chi connectivity index (χ0v) is 6.68. The summed E-state index contributed by atoms with van der Waals surface area (Å²) in [4.78, 5) is 3.74. The molecule has 1 heterocycles. The van der Waals surface area contributed by atoms with Crippen LogP contribution >= 0.6 is 0 Å². The Bertz CT molecular complexity index is 228. The molecule has 3 nitrogen and oxygen atoms in total. The Labute approximate surface area is 71.3 Å². The Balaban J connectivity index is 0.000000127. The quantitative estimate of drug-likeness (QED) is 0.632. The van der Waals surface area contributed by atoms with Crippen molar-refractivity contribution in [2.24, 2.45) is 4.99 Å². The van der Waals surface area contributed by atoms with Crippen molar-refractivity contribution in [1.29, 1.82) is 0 Å². The molecule has 0 radical (unpaired) electrons. The minimum atomic E-state index is 0.322. The Morgan fingerprint density at radius 1 is 1.25 bits per heavy atom. The fourth-order valence-corrected chi connectivity index (χ4v) is 0.692. The van der Waals surface area contributed by atoms with Gasteiger partial charge in [-0.1, -0.05) is 18.2 Å². The molecule has 0 fully saturated rings. The van der Waals surface area contributed by atoms with E-state index in [4.69, 9.17) is 5.11 Å². The van der Waals surface area contributed by atoms with Crippen LogP contribution in [0.1, 0.15) is 0 Å². The molecule has 0 unspecified atom stereocenters. The normalized spacial score (nSPS) is 13.0. The summed E-state index contributed by atoms with van der Waals surface area (Å²) in [5, 5.41) is 8.63. The molecule has 3 heteroatoms. The van der Waals surface area contributed by atoms with Gasteiger partial charge in [-0.15, -0.1) is 0 Å². The summed E-state index contributed by atoms with van der Waals surface area (Å²) < 4.78 is 4.65. The van der Waals surface area contributed by atoms with Gasteiger partial charge in [-0.05, 0) is 12.1 Å². The summed E-state index contributed by atoms with van der Waals surface area (Å²) >= 11 is 0. The smallest absolute Gasteiger partial charge is 0.169 e. The number of phenolic OH excluding ortho intramolecular Hbond substituents is 1. The van der Waals surface area contributed by atoms with Crippen molar-refractivity contribution in [3.63, 3.8) is 0 Å². The van der Waals surface area contributed by atoms with E-state index in [0.717, 1.165) is 13.2 Å². The second-order valence-electron chi connectivity index (χ2n) is 2.22. The number of aromatic hydroxyl groups is 1. The lowest BCUT2D eigenvalue weighted by Crippen LogP contribution is -1.80. The third-order valence-electron chi connectivity index (χ3n) is 1.24. The SMILES string of the molecule is C1=NCCO1.Oc1ccccc1. The van der Waals surface area contributed by atoms with Crippen molar-refractivity contribution in [2.45, 2.75) is 0 Å². The van der Waals surface area contributed by atoms with E-state index in [1.54, 1.807) is 24.3 Å². The lowest BCUT2D eigenvalue weighted by atomic mass is 10.3. The molecule has 1 N–H and O–H groups in total. The first kappa shape index (κ1) is 8.59. The molecule has 0 amide bonds. The van der Waals surface area contributed by atoms with Crippen molar-refractivity contribution in [3.8, 4) is 5.75 Å². The zero-order chi connectivity index (χ0) is 8.65. The van der Waals surface area contributed by atoms with Crippen molar-refractivity contribution in [1.82, 2.24) is 0 Å². The van der Waals surface area contributed by atoms with Gasteiger partial charge < -0.3 is 9.84 Å². The van der Waals surface area contributed by atoms with Gasteiger partial charge in [-0.3, -0.25) is 4.99 Å². The van der Waals surface area contributed by atoms with Crippen molar-refractivity contribution >= 4 is 6.40 Å². The molecule has 1 aromatic rings. The van der Waals surface area contributed by atoms with E-state index in [2.05, 4.69) is 9.73 Å². The van der Waals surface area contributed by atoms with Crippen LogP contribution in [-0.4, -0.2) is 24.7 Å². The van der Waals surface area contributed by atoms with Gasteiger partial charge in [0.15, 0.2) is 6.40 Å². The van der Waals surface area contributed by atoms with Crippen molar-refractivity contribution < 1.29 is 9.84 Å². The van der Waals surface area contributed by atoms with E-state index in [9.17, 15) is 0 Å². The van der Waals surface area contributed by atoms with Gasteiger partial charge in [0.1, 0.15) is 12.4 Å². The van der Waals surface area contributed by atoms with Gasteiger partial charge in [0.05, 0.1) is 6.54 Å². The standard InChI is InChI=1S/C6H6O.C3H5NO/c7-6-4-2-1-3-5-6;1-2-5-3-4-1/h1-5,7H;3H,1-2H2. The van der Waals surface area contributed by atoms with Crippen LogP contribution in [0, 0.1) is 0 Å². The number of phenols is 1. The van der Waals surface area contributed by atoms with Crippen LogP contribution in [0.25, 0.3) is 0 Å². The van der Waals surface area contributed by atoms with Crippen molar-refractivity contribution in [2.75, 3.05) is 13.2 Å². The summed E-state index contributed by atoms with van der Waals surface area (Å²) in [5.41, 5.74) is 0. The highest BCUT2D eigenvalue weighted by Crippen LogP contribution is 2.02. The molecular formula is C9H11NO2. The number of hydrogen-bond acceptors (Lipinski definition) is 3. The fraction of sp³-hybridized carbons (Fsp3) is 0.222. The molecule has 0 atom stereocenters. The first-order valence-corrected chi connectivity index (χ1v) is 3.73. The molecular weight excluding hydrogens is 154 g/mol. The predicted molar refractivity (Wildman–Crippen MR) is 47.4 cm³/mol. The van der Waals surface area contributed by atoms with Crippen LogP contribution in [0.4, 0.5) is 0 Å². The lowest BCUT2D eigenvalue weighted by molar-refractivity contribution is 0.361. The van der Waals surface area contributed by atoms with Crippen molar-refractivity contribution in [3.05, 3.63) is 30.3 Å². The molecule has 0 bridgehead atoms. The third-order valence-corrected chi connectivity index (χ3v) is 1.24. The topological polar surface area (TPSA) is 41.8 Å². The van der Waals surface area contributed by atoms with Crippen LogP contribution in [0.5, 0.6) is 5.75 Å². The van der Waals surface area contributed by atoms with E-state index in [-0.39, 0.29) is 0 Å². The van der Waals surface area contributed by atoms with Gasteiger partial charge in [0, 0.05) is 0 Å². The highest BCUT2D eigenvalue weighted by molar-refractivity contribution is 5.47. The van der Waals surface area contributed by atoms with E-state index in [1.165, 1.54) is 6.40 Å². The molecule has 0 spiro atoms. The van der Waals surface area contributed by atoms with E-state index >= 15 is 0 Å². The number of benzene rings is 1. The molecule has 0 saturated carbocycles. The molecule has 0 aliphatic carbocycles. The van der Waals surface area contributed by atoms with E-state index < -0.39 is 0 Å². The summed E-state index contributed by atoms with van der Waals surface area (Å²) in [6, 6.07) is 8.71. The molecule has 1 aromatic carbocycles. The summed E-state index contributed by atoms with van der Waals surface area (Å²) in [7, 11) is 0. The average molecular weight is 165 g/mol. The molecule has 64 valence electrons. The maximum Gasteiger partial charge on any atom is 0.169 e. The van der Waals surface area contributed by atoms with Gasteiger partial charge in [-0.2, -0.15) is 0 Å². The van der Waals surface area contributed by atoms with Gasteiger partial charge in [-0.25, -0.2) is 0 Å². The zero-order valence-electron chi connectivity index (χ0n) is 6.68. The van der Waals surface area contributed by atoms with Gasteiger partial charge in [0.2, 0.25) is 0 Å². The Hall–Kier alpha value is -1.51. The number of aliphatic imine (C=N–C) groups is 1. The van der Waals surface area contributed by atoms with Crippen LogP contribution in [0.15, 0.2) is 35.3 Å². The number of hydrogen-bond donors (Lipinski definition) is 1. The first-order valence-electron chi connectivity index (χ1n) is 3.73. The third kappa shape index (κ3) is 3.61. The molecule has 1 aliphatic heterocycles. The minimum absolute atomic E-state index is 0.322. The van der Waals surface area contributed by atoms with E-state index in [0.29, 0.717) is 5.75 Å². The van der Waals surface area contributed by atoms with Gasteiger partial charge >= 0.3 is 0 Å². The van der Waals surface area contributed by atoms with E-state index in [1.807, 2.05) is 6.07 Å². The number of ether oxygens (including phenoxy) is 1. The molecule has 0 aromatic heterocycles. The number of rotatable bonds is 0. The second-order valence-corrected chi connectivity index (χ2v) is 2.22. The summed E-state index contributed by atoms with van der Waals surface area (Å²) in [5.74, 6) is 0.322. The minimum Gasteiger partial charge on any atom is -0.508 e. The summed E-state index contributed by atoms with van der Waals surface area (Å²) in [6.45, 7) is 1.62. The molecule has 2 rings (SSSR count). The molecule has 1 aliphatic rings. The maximum atomic E-state index is 8.63.